The topological polar surface area (TPSA) is 55.6 Å². The lowest BCUT2D eigenvalue weighted by Gasteiger charge is -2.29. The largest absolute Gasteiger partial charge is 0.481 e. The van der Waals surface area contributed by atoms with Gasteiger partial charge in [0.25, 0.3) is 5.91 Å². The highest BCUT2D eigenvalue weighted by Crippen LogP contribution is 2.33. The SMILES string of the molecule is Nc1ccc2c(c1)OCC(=O)N2CCCc1ccccc1. The molecule has 0 spiro atoms. The van der Waals surface area contributed by atoms with Crippen LogP contribution in [0.15, 0.2) is 48.5 Å². The highest BCUT2D eigenvalue weighted by Gasteiger charge is 2.24. The van der Waals surface area contributed by atoms with E-state index in [1.807, 2.05) is 24.3 Å². The maximum absolute atomic E-state index is 12.1. The average molecular weight is 282 g/mol. The number of nitrogen functional groups attached to an aromatic ring is 1. The smallest absolute Gasteiger partial charge is 0.265 e. The molecule has 4 nitrogen and oxygen atoms in total. The Morgan fingerprint density at radius 3 is 2.76 bits per heavy atom. The number of nitrogens with zero attached hydrogens (tertiary/aromatic N) is 1. The normalized spacial score (nSPS) is 13.7. The zero-order chi connectivity index (χ0) is 14.7. The van der Waals surface area contributed by atoms with Gasteiger partial charge >= 0.3 is 0 Å². The first kappa shape index (κ1) is 13.5. The molecule has 2 aromatic carbocycles. The Morgan fingerprint density at radius 1 is 1.14 bits per heavy atom. The van der Waals surface area contributed by atoms with Crippen LogP contribution >= 0.6 is 0 Å². The summed E-state index contributed by atoms with van der Waals surface area (Å²) >= 11 is 0. The summed E-state index contributed by atoms with van der Waals surface area (Å²) in [6, 6.07) is 15.7. The molecule has 0 saturated heterocycles. The van der Waals surface area contributed by atoms with E-state index in [-0.39, 0.29) is 12.5 Å². The molecule has 0 radical (unpaired) electrons. The van der Waals surface area contributed by atoms with Gasteiger partial charge in [-0.25, -0.2) is 0 Å². The van der Waals surface area contributed by atoms with Gasteiger partial charge in [0.05, 0.1) is 5.69 Å². The lowest BCUT2D eigenvalue weighted by molar-refractivity contribution is -0.121. The van der Waals surface area contributed by atoms with Crippen LogP contribution in [0.4, 0.5) is 11.4 Å². The van der Waals surface area contributed by atoms with Gasteiger partial charge < -0.3 is 15.4 Å². The first-order chi connectivity index (χ1) is 10.2. The lowest BCUT2D eigenvalue weighted by atomic mass is 10.1. The number of fused-ring (bicyclic) bond motifs is 1. The predicted octanol–water partition coefficient (Wildman–Crippen LogP) is 2.63. The van der Waals surface area contributed by atoms with Crippen LogP contribution in [0.1, 0.15) is 12.0 Å². The van der Waals surface area contributed by atoms with E-state index < -0.39 is 0 Å². The second-order valence-electron chi connectivity index (χ2n) is 5.15. The molecule has 0 fully saturated rings. The van der Waals surface area contributed by atoms with E-state index in [9.17, 15) is 4.79 Å². The maximum atomic E-state index is 12.1. The number of rotatable bonds is 4. The number of ether oxygens (including phenoxy) is 1. The van der Waals surface area contributed by atoms with Crippen LogP contribution in [-0.2, 0) is 11.2 Å². The Bertz CT molecular complexity index is 640. The summed E-state index contributed by atoms with van der Waals surface area (Å²) in [5, 5.41) is 0. The Hall–Kier alpha value is -2.49. The van der Waals surface area contributed by atoms with Crippen molar-refractivity contribution < 1.29 is 9.53 Å². The van der Waals surface area contributed by atoms with Crippen molar-refractivity contribution in [2.24, 2.45) is 0 Å². The summed E-state index contributed by atoms with van der Waals surface area (Å²) in [5.74, 6) is 0.689. The molecule has 0 saturated carbocycles. The Kier molecular flexibility index (Phi) is 3.77. The average Bonchev–Trinajstić information content (AvgIpc) is 2.50. The molecule has 1 amide bonds. The fourth-order valence-corrected chi connectivity index (χ4v) is 2.55. The number of hydrogen-bond donors (Lipinski definition) is 1. The number of anilines is 2. The van der Waals surface area contributed by atoms with E-state index >= 15 is 0 Å². The summed E-state index contributed by atoms with van der Waals surface area (Å²) in [6.07, 6.45) is 1.87. The van der Waals surface area contributed by atoms with Gasteiger partial charge in [0.1, 0.15) is 5.75 Å². The number of benzene rings is 2. The van der Waals surface area contributed by atoms with Gasteiger partial charge in [0, 0.05) is 18.3 Å². The van der Waals surface area contributed by atoms with Gasteiger partial charge in [0.2, 0.25) is 0 Å². The molecule has 0 aromatic heterocycles. The minimum Gasteiger partial charge on any atom is -0.481 e. The first-order valence-electron chi connectivity index (χ1n) is 7.10. The number of nitrogens with two attached hydrogens (primary N) is 1. The van der Waals surface area contributed by atoms with Crippen LogP contribution in [0.2, 0.25) is 0 Å². The van der Waals surface area contributed by atoms with Gasteiger partial charge in [-0.15, -0.1) is 0 Å². The van der Waals surface area contributed by atoms with E-state index in [0.717, 1.165) is 18.5 Å². The van der Waals surface area contributed by atoms with Gasteiger partial charge in [0.15, 0.2) is 6.61 Å². The van der Waals surface area contributed by atoms with Gasteiger partial charge in [-0.1, -0.05) is 30.3 Å². The van der Waals surface area contributed by atoms with E-state index in [1.54, 1.807) is 17.0 Å². The van der Waals surface area contributed by atoms with Crippen molar-refractivity contribution in [3.05, 3.63) is 54.1 Å². The molecule has 1 heterocycles. The highest BCUT2D eigenvalue weighted by molar-refractivity contribution is 5.98. The van der Waals surface area contributed by atoms with Crippen LogP contribution in [0.5, 0.6) is 5.75 Å². The molecular weight excluding hydrogens is 264 g/mol. The second kappa shape index (κ2) is 5.87. The summed E-state index contributed by atoms with van der Waals surface area (Å²) in [4.78, 5) is 13.8. The van der Waals surface area contributed by atoms with Crippen molar-refractivity contribution in [2.75, 3.05) is 23.8 Å². The van der Waals surface area contributed by atoms with Crippen LogP contribution in [0.25, 0.3) is 0 Å². The third kappa shape index (κ3) is 2.99. The molecule has 2 aromatic rings. The molecule has 0 atom stereocenters. The minimum atomic E-state index is 0.000308. The summed E-state index contributed by atoms with van der Waals surface area (Å²) in [5.41, 5.74) is 8.50. The monoisotopic (exact) mass is 282 g/mol. The molecular formula is C17H18N2O2. The molecule has 1 aliphatic rings. The van der Waals surface area contributed by atoms with Crippen LogP contribution in [0, 0.1) is 0 Å². The lowest BCUT2D eigenvalue weighted by Crippen LogP contribution is -2.39. The fraction of sp³-hybridized carbons (Fsp3) is 0.235. The predicted molar refractivity (Wildman–Crippen MR) is 83.5 cm³/mol. The molecule has 0 aliphatic carbocycles. The fourth-order valence-electron chi connectivity index (χ4n) is 2.55. The maximum Gasteiger partial charge on any atom is 0.265 e. The number of aryl methyl sites for hydroxylation is 1. The van der Waals surface area contributed by atoms with Crippen molar-refractivity contribution in [3.63, 3.8) is 0 Å². The Morgan fingerprint density at radius 2 is 1.95 bits per heavy atom. The Labute approximate surface area is 124 Å². The van der Waals surface area contributed by atoms with Crippen molar-refractivity contribution in [3.8, 4) is 5.75 Å². The molecule has 1 aliphatic heterocycles. The van der Waals surface area contributed by atoms with Gasteiger partial charge in [-0.3, -0.25) is 4.79 Å². The quantitative estimate of drug-likeness (QED) is 0.877. The van der Waals surface area contributed by atoms with E-state index in [1.165, 1.54) is 5.56 Å². The zero-order valence-corrected chi connectivity index (χ0v) is 11.8. The third-order valence-corrected chi connectivity index (χ3v) is 3.62. The Balaban J connectivity index is 1.69. The zero-order valence-electron chi connectivity index (χ0n) is 11.8. The minimum absolute atomic E-state index is 0.000308. The molecule has 3 rings (SSSR count). The van der Waals surface area contributed by atoms with E-state index in [0.29, 0.717) is 18.0 Å². The highest BCUT2D eigenvalue weighted by atomic mass is 16.5. The number of carbonyl (C=O) groups excluding carboxylic acids is 1. The van der Waals surface area contributed by atoms with Crippen molar-refractivity contribution in [2.45, 2.75) is 12.8 Å². The van der Waals surface area contributed by atoms with Crippen molar-refractivity contribution >= 4 is 17.3 Å². The molecule has 21 heavy (non-hydrogen) atoms. The molecule has 2 N–H and O–H groups in total. The van der Waals surface area contributed by atoms with Crippen LogP contribution in [0.3, 0.4) is 0 Å². The second-order valence-corrected chi connectivity index (χ2v) is 5.15. The van der Waals surface area contributed by atoms with Crippen LogP contribution < -0.4 is 15.4 Å². The van der Waals surface area contributed by atoms with Crippen LogP contribution in [-0.4, -0.2) is 19.1 Å². The standard InChI is InChI=1S/C17H18N2O2/c18-14-8-9-15-16(11-14)21-12-17(20)19(15)10-4-7-13-5-2-1-3-6-13/h1-3,5-6,8-9,11H,4,7,10,12,18H2. The summed E-state index contributed by atoms with van der Waals surface area (Å²) in [7, 11) is 0. The first-order valence-corrected chi connectivity index (χ1v) is 7.10. The molecule has 108 valence electrons. The van der Waals surface area contributed by atoms with E-state index in [2.05, 4.69) is 12.1 Å². The molecule has 4 heteroatoms. The number of hydrogen-bond acceptors (Lipinski definition) is 3. The van der Waals surface area contributed by atoms with E-state index in [4.69, 9.17) is 10.5 Å². The third-order valence-electron chi connectivity index (χ3n) is 3.62. The molecule has 0 bridgehead atoms. The summed E-state index contributed by atoms with van der Waals surface area (Å²) in [6.45, 7) is 0.774. The van der Waals surface area contributed by atoms with Crippen molar-refractivity contribution in [1.29, 1.82) is 0 Å². The van der Waals surface area contributed by atoms with Crippen molar-refractivity contribution in [1.82, 2.24) is 0 Å². The number of amides is 1. The molecule has 0 unspecified atom stereocenters. The van der Waals surface area contributed by atoms with Gasteiger partial charge in [-0.2, -0.15) is 0 Å². The summed E-state index contributed by atoms with van der Waals surface area (Å²) < 4.78 is 5.44. The number of carbonyl (C=O) groups is 1. The van der Waals surface area contributed by atoms with Gasteiger partial charge in [-0.05, 0) is 30.5 Å².